The highest BCUT2D eigenvalue weighted by Crippen LogP contribution is 2.33. The van der Waals surface area contributed by atoms with E-state index in [1.165, 1.54) is 19.2 Å². The van der Waals surface area contributed by atoms with Crippen LogP contribution in [0.3, 0.4) is 0 Å². The maximum Gasteiger partial charge on any atom is 0.335 e. The second kappa shape index (κ2) is 6.20. The maximum absolute atomic E-state index is 11.0. The van der Waals surface area contributed by atoms with Gasteiger partial charge in [0.2, 0.25) is 0 Å². The van der Waals surface area contributed by atoms with E-state index in [9.17, 15) is 4.79 Å². The average molecular weight is 327 g/mol. The molecule has 0 saturated heterocycles. The number of aryl methyl sites for hydroxylation is 1. The van der Waals surface area contributed by atoms with E-state index in [-0.39, 0.29) is 10.7 Å². The van der Waals surface area contributed by atoms with Crippen LogP contribution in [0.2, 0.25) is 10.2 Å². The Labute approximate surface area is 131 Å². The molecule has 0 amide bonds. The van der Waals surface area contributed by atoms with Gasteiger partial charge in [0.1, 0.15) is 16.7 Å². The van der Waals surface area contributed by atoms with Crippen LogP contribution < -0.4 is 10.1 Å². The maximum atomic E-state index is 11.0. The first-order valence-electron chi connectivity index (χ1n) is 5.92. The molecule has 0 aliphatic heterocycles. The SMILES string of the molecule is COc1cc(Cl)c(C)cc1Nc1cc(C(=O)O)cc(Cl)n1. The van der Waals surface area contributed by atoms with E-state index in [1.54, 1.807) is 12.1 Å². The number of rotatable bonds is 4. The highest BCUT2D eigenvalue weighted by Gasteiger charge is 2.11. The lowest BCUT2D eigenvalue weighted by Crippen LogP contribution is -2.02. The molecule has 0 radical (unpaired) electrons. The summed E-state index contributed by atoms with van der Waals surface area (Å²) in [6.45, 7) is 1.85. The molecular weight excluding hydrogens is 315 g/mol. The number of nitrogens with one attached hydrogen (secondary N) is 1. The first kappa shape index (κ1) is 15.4. The van der Waals surface area contributed by atoms with Gasteiger partial charge in [-0.1, -0.05) is 23.2 Å². The van der Waals surface area contributed by atoms with Gasteiger partial charge >= 0.3 is 5.97 Å². The van der Waals surface area contributed by atoms with Gasteiger partial charge in [0.15, 0.2) is 0 Å². The molecule has 0 saturated carbocycles. The van der Waals surface area contributed by atoms with Gasteiger partial charge in [-0.15, -0.1) is 0 Å². The minimum atomic E-state index is -1.08. The lowest BCUT2D eigenvalue weighted by atomic mass is 10.2. The second-order valence-corrected chi connectivity index (χ2v) is 5.09. The van der Waals surface area contributed by atoms with Crippen molar-refractivity contribution in [2.75, 3.05) is 12.4 Å². The molecule has 1 heterocycles. The summed E-state index contributed by atoms with van der Waals surface area (Å²) < 4.78 is 5.24. The molecule has 2 rings (SSSR count). The minimum absolute atomic E-state index is 0.0437. The van der Waals surface area contributed by atoms with Crippen molar-refractivity contribution in [3.8, 4) is 5.75 Å². The largest absolute Gasteiger partial charge is 0.495 e. The predicted molar refractivity (Wildman–Crippen MR) is 82.2 cm³/mol. The molecule has 1 aromatic heterocycles. The summed E-state index contributed by atoms with van der Waals surface area (Å²) in [5.41, 5.74) is 1.51. The van der Waals surface area contributed by atoms with Crippen LogP contribution in [0.15, 0.2) is 24.3 Å². The molecule has 0 bridgehead atoms. The van der Waals surface area contributed by atoms with Crippen LogP contribution in [0.5, 0.6) is 5.75 Å². The van der Waals surface area contributed by atoms with Crippen molar-refractivity contribution in [2.24, 2.45) is 0 Å². The number of hydrogen-bond acceptors (Lipinski definition) is 4. The van der Waals surface area contributed by atoms with Crippen LogP contribution in [0.25, 0.3) is 0 Å². The second-order valence-electron chi connectivity index (χ2n) is 4.30. The molecule has 7 heteroatoms. The Morgan fingerprint density at radius 1 is 1.29 bits per heavy atom. The predicted octanol–water partition coefficient (Wildman–Crippen LogP) is 4.15. The topological polar surface area (TPSA) is 71.5 Å². The van der Waals surface area contributed by atoms with Crippen LogP contribution in [-0.4, -0.2) is 23.2 Å². The zero-order chi connectivity index (χ0) is 15.6. The summed E-state index contributed by atoms with van der Waals surface area (Å²) in [6, 6.07) is 6.11. The Morgan fingerprint density at radius 2 is 2.00 bits per heavy atom. The molecule has 5 nitrogen and oxygen atoms in total. The lowest BCUT2D eigenvalue weighted by molar-refractivity contribution is 0.0697. The van der Waals surface area contributed by atoms with Crippen molar-refractivity contribution in [3.63, 3.8) is 0 Å². The fourth-order valence-electron chi connectivity index (χ4n) is 1.75. The number of aromatic carboxylic acids is 1. The number of benzene rings is 1. The quantitative estimate of drug-likeness (QED) is 0.826. The summed E-state index contributed by atoms with van der Waals surface area (Å²) in [5, 5.41) is 12.7. The Balaban J connectivity index is 2.42. The number of ether oxygens (including phenoxy) is 1. The number of carbonyl (C=O) groups is 1. The van der Waals surface area contributed by atoms with Gasteiger partial charge in [0.05, 0.1) is 18.4 Å². The number of nitrogens with zero attached hydrogens (tertiary/aromatic N) is 1. The number of methoxy groups -OCH3 is 1. The molecule has 110 valence electrons. The number of pyridine rings is 1. The monoisotopic (exact) mass is 326 g/mol. The third-order valence-corrected chi connectivity index (χ3v) is 3.39. The normalized spacial score (nSPS) is 10.3. The van der Waals surface area contributed by atoms with E-state index in [2.05, 4.69) is 10.3 Å². The van der Waals surface area contributed by atoms with Gasteiger partial charge in [-0.3, -0.25) is 0 Å². The number of halogens is 2. The van der Waals surface area contributed by atoms with Gasteiger partial charge < -0.3 is 15.2 Å². The van der Waals surface area contributed by atoms with Crippen LogP contribution in [-0.2, 0) is 0 Å². The van der Waals surface area contributed by atoms with Gasteiger partial charge in [-0.2, -0.15) is 0 Å². The van der Waals surface area contributed by atoms with E-state index in [0.717, 1.165) is 5.56 Å². The van der Waals surface area contributed by atoms with Crippen molar-refractivity contribution < 1.29 is 14.6 Å². The van der Waals surface area contributed by atoms with Crippen LogP contribution >= 0.6 is 23.2 Å². The minimum Gasteiger partial charge on any atom is -0.495 e. The molecule has 0 spiro atoms. The van der Waals surface area contributed by atoms with E-state index < -0.39 is 5.97 Å². The number of carboxylic acid groups (broad SMARTS) is 1. The van der Waals surface area contributed by atoms with Crippen molar-refractivity contribution >= 4 is 40.7 Å². The van der Waals surface area contributed by atoms with Crippen molar-refractivity contribution in [1.82, 2.24) is 4.98 Å². The molecule has 21 heavy (non-hydrogen) atoms. The lowest BCUT2D eigenvalue weighted by Gasteiger charge is -2.13. The Kier molecular flexibility index (Phi) is 4.55. The summed E-state index contributed by atoms with van der Waals surface area (Å²) in [5.74, 6) is -0.259. The zero-order valence-corrected chi connectivity index (χ0v) is 12.8. The number of hydrogen-bond donors (Lipinski definition) is 2. The Morgan fingerprint density at radius 3 is 2.62 bits per heavy atom. The fraction of sp³-hybridized carbons (Fsp3) is 0.143. The molecule has 0 atom stereocenters. The first-order chi connectivity index (χ1) is 9.90. The molecule has 0 aliphatic rings. The molecule has 2 N–H and O–H groups in total. The van der Waals surface area contributed by atoms with Crippen molar-refractivity contribution in [3.05, 3.63) is 45.6 Å². The third-order valence-electron chi connectivity index (χ3n) is 2.78. The summed E-state index contributed by atoms with van der Waals surface area (Å²) in [7, 11) is 1.51. The van der Waals surface area contributed by atoms with Gasteiger partial charge in [-0.05, 0) is 30.7 Å². The van der Waals surface area contributed by atoms with E-state index in [4.69, 9.17) is 33.0 Å². The molecule has 0 fully saturated rings. The van der Waals surface area contributed by atoms with Crippen LogP contribution in [0, 0.1) is 6.92 Å². The molecule has 2 aromatic rings. The van der Waals surface area contributed by atoms with Crippen molar-refractivity contribution in [2.45, 2.75) is 6.92 Å². The van der Waals surface area contributed by atoms with Gasteiger partial charge in [0.25, 0.3) is 0 Å². The summed E-state index contributed by atoms with van der Waals surface area (Å²) in [4.78, 5) is 15.1. The molecule has 0 unspecified atom stereocenters. The molecule has 0 aliphatic carbocycles. The number of aromatic nitrogens is 1. The van der Waals surface area contributed by atoms with Gasteiger partial charge in [-0.25, -0.2) is 9.78 Å². The Bertz CT molecular complexity index is 705. The van der Waals surface area contributed by atoms with Crippen LogP contribution in [0.4, 0.5) is 11.5 Å². The van der Waals surface area contributed by atoms with Gasteiger partial charge in [0, 0.05) is 11.1 Å². The van der Waals surface area contributed by atoms with E-state index >= 15 is 0 Å². The van der Waals surface area contributed by atoms with Crippen molar-refractivity contribution in [1.29, 1.82) is 0 Å². The average Bonchev–Trinajstić information content (AvgIpc) is 2.42. The summed E-state index contributed by atoms with van der Waals surface area (Å²) in [6.07, 6.45) is 0. The molecule has 1 aromatic carbocycles. The smallest absolute Gasteiger partial charge is 0.335 e. The van der Waals surface area contributed by atoms with E-state index in [0.29, 0.717) is 22.3 Å². The highest BCUT2D eigenvalue weighted by atomic mass is 35.5. The highest BCUT2D eigenvalue weighted by molar-refractivity contribution is 6.31. The molecular formula is C14H12Cl2N2O3. The number of carboxylic acids is 1. The Hall–Kier alpha value is -1.98. The fourth-order valence-corrected chi connectivity index (χ4v) is 2.11. The zero-order valence-electron chi connectivity index (χ0n) is 11.3. The standard InChI is InChI=1S/C14H12Cl2N2O3/c1-7-3-10(11(21-2)6-9(7)15)17-13-5-8(14(19)20)4-12(16)18-13/h3-6H,1-2H3,(H,17,18)(H,19,20). The van der Waals surface area contributed by atoms with E-state index in [1.807, 2.05) is 6.92 Å². The number of anilines is 2. The van der Waals surface area contributed by atoms with Crippen LogP contribution in [0.1, 0.15) is 15.9 Å². The third kappa shape index (κ3) is 3.56. The summed E-state index contributed by atoms with van der Waals surface area (Å²) >= 11 is 11.9. The first-order valence-corrected chi connectivity index (χ1v) is 6.68.